The first kappa shape index (κ1) is 9.43. The van der Waals surface area contributed by atoms with E-state index in [0.717, 1.165) is 0 Å². The van der Waals surface area contributed by atoms with Crippen LogP contribution in [0.2, 0.25) is 0 Å². The Bertz CT molecular complexity index is 170. The maximum Gasteiger partial charge on any atom is 0.332 e. The van der Waals surface area contributed by atoms with Crippen molar-refractivity contribution in [3.05, 3.63) is 23.8 Å². The summed E-state index contributed by atoms with van der Waals surface area (Å²) >= 11 is 3.06. The maximum atomic E-state index is 10.3. The molecular formula is C7H9BrO2. The Balaban J connectivity index is 4.18. The highest BCUT2D eigenvalue weighted by molar-refractivity contribution is 9.09. The van der Waals surface area contributed by atoms with Crippen LogP contribution < -0.4 is 0 Å². The van der Waals surface area contributed by atoms with Crippen LogP contribution in [0.5, 0.6) is 0 Å². The zero-order valence-electron chi connectivity index (χ0n) is 5.67. The minimum atomic E-state index is -0.880. The molecule has 0 aromatic carbocycles. The molecule has 0 aromatic heterocycles. The molecule has 2 nitrogen and oxygen atoms in total. The highest BCUT2D eigenvalue weighted by Gasteiger charge is 2.01. The number of allylic oxidation sites excluding steroid dienone is 3. The van der Waals surface area contributed by atoms with Crippen LogP contribution in [0.1, 0.15) is 6.92 Å². The average molecular weight is 205 g/mol. The van der Waals surface area contributed by atoms with E-state index >= 15 is 0 Å². The molecule has 0 bridgehead atoms. The Kier molecular flexibility index (Phi) is 4.94. The fourth-order valence-electron chi connectivity index (χ4n) is 0.385. The molecule has 0 saturated heterocycles. The summed E-state index contributed by atoms with van der Waals surface area (Å²) in [6.07, 6.45) is 5.05. The van der Waals surface area contributed by atoms with Gasteiger partial charge < -0.3 is 5.11 Å². The monoisotopic (exact) mass is 204 g/mol. The fraction of sp³-hybridized carbons (Fsp3) is 0.286. The number of aliphatic carboxylic acids is 1. The minimum absolute atomic E-state index is 0.359. The number of hydrogen-bond donors (Lipinski definition) is 1. The smallest absolute Gasteiger partial charge is 0.332 e. The van der Waals surface area contributed by atoms with E-state index in [1.54, 1.807) is 18.2 Å². The van der Waals surface area contributed by atoms with Crippen LogP contribution in [-0.2, 0) is 4.79 Å². The zero-order chi connectivity index (χ0) is 7.98. The van der Waals surface area contributed by atoms with Crippen LogP contribution in [-0.4, -0.2) is 16.4 Å². The largest absolute Gasteiger partial charge is 0.478 e. The van der Waals surface area contributed by atoms with Crippen molar-refractivity contribution in [1.82, 2.24) is 0 Å². The summed E-state index contributed by atoms with van der Waals surface area (Å²) in [5, 5.41) is 8.85. The lowest BCUT2D eigenvalue weighted by molar-refractivity contribution is -0.132. The van der Waals surface area contributed by atoms with E-state index in [1.807, 2.05) is 6.92 Å². The SMILES string of the molecule is C/C=C/C=C(\CBr)C(=O)O. The van der Waals surface area contributed by atoms with E-state index in [-0.39, 0.29) is 0 Å². The standard InChI is InChI=1S/C7H9BrO2/c1-2-3-4-6(5-8)7(9)10/h2-4H,5H2,1H3,(H,9,10)/b3-2+,6-4+. The van der Waals surface area contributed by atoms with Gasteiger partial charge in [-0.05, 0) is 6.92 Å². The van der Waals surface area contributed by atoms with Crippen LogP contribution in [0.25, 0.3) is 0 Å². The number of halogens is 1. The molecular weight excluding hydrogens is 196 g/mol. The first-order valence-corrected chi connectivity index (χ1v) is 3.95. The molecule has 0 aliphatic rings. The van der Waals surface area contributed by atoms with Crippen molar-refractivity contribution in [3.8, 4) is 0 Å². The van der Waals surface area contributed by atoms with Gasteiger partial charge in [-0.1, -0.05) is 34.2 Å². The van der Waals surface area contributed by atoms with Gasteiger partial charge in [-0.3, -0.25) is 0 Å². The van der Waals surface area contributed by atoms with Crippen molar-refractivity contribution >= 4 is 21.9 Å². The van der Waals surface area contributed by atoms with Crippen LogP contribution in [0.3, 0.4) is 0 Å². The van der Waals surface area contributed by atoms with Gasteiger partial charge >= 0.3 is 5.97 Å². The molecule has 0 rings (SSSR count). The Morgan fingerprint density at radius 1 is 1.70 bits per heavy atom. The second-order valence-corrected chi connectivity index (χ2v) is 2.22. The van der Waals surface area contributed by atoms with Crippen LogP contribution in [0.15, 0.2) is 23.8 Å². The highest BCUT2D eigenvalue weighted by Crippen LogP contribution is 1.99. The third-order valence-corrected chi connectivity index (χ3v) is 1.51. The molecule has 0 fully saturated rings. The van der Waals surface area contributed by atoms with Gasteiger partial charge in [0.2, 0.25) is 0 Å². The van der Waals surface area contributed by atoms with Gasteiger partial charge in [0, 0.05) is 10.9 Å². The van der Waals surface area contributed by atoms with Crippen LogP contribution in [0, 0.1) is 0 Å². The van der Waals surface area contributed by atoms with Crippen molar-refractivity contribution in [3.63, 3.8) is 0 Å². The zero-order valence-corrected chi connectivity index (χ0v) is 7.26. The Labute approximate surface area is 68.4 Å². The predicted molar refractivity (Wildman–Crippen MR) is 44.3 cm³/mol. The number of alkyl halides is 1. The van der Waals surface area contributed by atoms with Gasteiger partial charge in [0.1, 0.15) is 0 Å². The molecule has 0 amide bonds. The minimum Gasteiger partial charge on any atom is -0.478 e. The third kappa shape index (κ3) is 3.45. The summed E-state index contributed by atoms with van der Waals surface area (Å²) in [5.41, 5.74) is 0.359. The normalized spacial score (nSPS) is 12.4. The average Bonchev–Trinajstić information content (AvgIpc) is 1.89. The summed E-state index contributed by atoms with van der Waals surface area (Å²) in [4.78, 5) is 10.3. The molecule has 0 aliphatic carbocycles. The molecule has 0 aliphatic heterocycles. The number of rotatable bonds is 3. The summed E-state index contributed by atoms with van der Waals surface area (Å²) in [5.74, 6) is -0.880. The van der Waals surface area contributed by atoms with E-state index in [1.165, 1.54) is 0 Å². The van der Waals surface area contributed by atoms with E-state index in [2.05, 4.69) is 15.9 Å². The molecule has 1 N–H and O–H groups in total. The van der Waals surface area contributed by atoms with Gasteiger partial charge in [-0.25, -0.2) is 4.79 Å². The molecule has 10 heavy (non-hydrogen) atoms. The predicted octanol–water partition coefficient (Wildman–Crippen LogP) is 1.97. The summed E-state index contributed by atoms with van der Waals surface area (Å²) in [6, 6.07) is 0. The third-order valence-electron chi connectivity index (χ3n) is 0.909. The van der Waals surface area contributed by atoms with Gasteiger partial charge in [0.25, 0.3) is 0 Å². The van der Waals surface area contributed by atoms with Crippen molar-refractivity contribution in [2.24, 2.45) is 0 Å². The number of hydrogen-bond acceptors (Lipinski definition) is 1. The van der Waals surface area contributed by atoms with Crippen molar-refractivity contribution < 1.29 is 9.90 Å². The molecule has 3 heteroatoms. The fourth-order valence-corrected chi connectivity index (χ4v) is 0.812. The Morgan fingerprint density at radius 2 is 2.30 bits per heavy atom. The second kappa shape index (κ2) is 5.23. The molecule has 0 radical (unpaired) electrons. The Morgan fingerprint density at radius 3 is 2.60 bits per heavy atom. The number of carboxylic acids is 1. The summed E-state index contributed by atoms with van der Waals surface area (Å²) < 4.78 is 0. The lowest BCUT2D eigenvalue weighted by atomic mass is 10.3. The van der Waals surface area contributed by atoms with E-state index < -0.39 is 5.97 Å². The van der Waals surface area contributed by atoms with E-state index in [9.17, 15) is 4.79 Å². The lowest BCUT2D eigenvalue weighted by Gasteiger charge is -1.91. The highest BCUT2D eigenvalue weighted by atomic mass is 79.9. The molecule has 0 spiro atoms. The molecule has 0 aromatic rings. The molecule has 0 heterocycles. The van der Waals surface area contributed by atoms with Gasteiger partial charge in [0.15, 0.2) is 0 Å². The van der Waals surface area contributed by atoms with Crippen LogP contribution >= 0.6 is 15.9 Å². The van der Waals surface area contributed by atoms with Crippen molar-refractivity contribution in [1.29, 1.82) is 0 Å². The topological polar surface area (TPSA) is 37.3 Å². The summed E-state index contributed by atoms with van der Waals surface area (Å²) in [6.45, 7) is 1.84. The first-order chi connectivity index (χ1) is 4.72. The van der Waals surface area contributed by atoms with E-state index in [4.69, 9.17) is 5.11 Å². The molecule has 0 unspecified atom stereocenters. The first-order valence-electron chi connectivity index (χ1n) is 2.83. The van der Waals surface area contributed by atoms with Crippen molar-refractivity contribution in [2.75, 3.05) is 5.33 Å². The van der Waals surface area contributed by atoms with Crippen molar-refractivity contribution in [2.45, 2.75) is 6.92 Å². The quantitative estimate of drug-likeness (QED) is 0.434. The van der Waals surface area contributed by atoms with Gasteiger partial charge in [-0.15, -0.1) is 0 Å². The van der Waals surface area contributed by atoms with E-state index in [0.29, 0.717) is 10.9 Å². The maximum absolute atomic E-state index is 10.3. The second-order valence-electron chi connectivity index (χ2n) is 1.66. The lowest BCUT2D eigenvalue weighted by Crippen LogP contribution is -2.00. The molecule has 0 atom stereocenters. The molecule has 0 saturated carbocycles. The van der Waals surface area contributed by atoms with Gasteiger partial charge in [-0.2, -0.15) is 0 Å². The number of carboxylic acid groups (broad SMARTS) is 1. The summed E-state index contributed by atoms with van der Waals surface area (Å²) in [7, 11) is 0. The molecule has 56 valence electrons. The Hall–Kier alpha value is -0.570. The van der Waals surface area contributed by atoms with Gasteiger partial charge in [0.05, 0.1) is 0 Å². The number of carbonyl (C=O) groups is 1. The van der Waals surface area contributed by atoms with Crippen LogP contribution in [0.4, 0.5) is 0 Å².